The Morgan fingerprint density at radius 1 is 1.45 bits per heavy atom. The number of carbonyl (C=O) groups is 2. The van der Waals surface area contributed by atoms with Crippen molar-refractivity contribution in [2.24, 2.45) is 11.7 Å². The molecule has 1 aliphatic heterocycles. The molecule has 2 rings (SSSR count). The molecule has 0 radical (unpaired) electrons. The lowest BCUT2D eigenvalue weighted by Crippen LogP contribution is -2.27. The van der Waals surface area contributed by atoms with Crippen LogP contribution in [0.2, 0.25) is 0 Å². The number of hydrogen-bond donors (Lipinski definition) is 2. The molecule has 108 valence electrons. The molecule has 1 atom stereocenters. The SMILES string of the molecule is COC(=O)c1c(N)cccc1CN1CCC(C(N)=O)C1. The Balaban J connectivity index is 2.16. The van der Waals surface area contributed by atoms with Gasteiger partial charge in [0, 0.05) is 18.8 Å². The summed E-state index contributed by atoms with van der Waals surface area (Å²) in [7, 11) is 1.33. The van der Waals surface area contributed by atoms with Gasteiger partial charge in [0.2, 0.25) is 5.91 Å². The lowest BCUT2D eigenvalue weighted by atomic mass is 10.0. The van der Waals surface area contributed by atoms with Crippen molar-refractivity contribution < 1.29 is 14.3 Å². The second kappa shape index (κ2) is 5.92. The summed E-state index contributed by atoms with van der Waals surface area (Å²) in [5.41, 5.74) is 12.8. The molecule has 1 unspecified atom stereocenters. The van der Waals surface area contributed by atoms with E-state index >= 15 is 0 Å². The van der Waals surface area contributed by atoms with E-state index in [1.54, 1.807) is 12.1 Å². The normalized spacial score (nSPS) is 18.9. The molecule has 1 fully saturated rings. The van der Waals surface area contributed by atoms with Crippen molar-refractivity contribution in [1.82, 2.24) is 4.90 Å². The van der Waals surface area contributed by atoms with Crippen LogP contribution in [0.1, 0.15) is 22.3 Å². The minimum atomic E-state index is -0.441. The van der Waals surface area contributed by atoms with Crippen LogP contribution in [-0.4, -0.2) is 37.0 Å². The average Bonchev–Trinajstić information content (AvgIpc) is 2.87. The molecule has 6 nitrogen and oxygen atoms in total. The van der Waals surface area contributed by atoms with Crippen LogP contribution in [0.3, 0.4) is 0 Å². The number of nitrogen functional groups attached to an aromatic ring is 1. The molecular formula is C14H19N3O3. The molecule has 20 heavy (non-hydrogen) atoms. The zero-order valence-corrected chi connectivity index (χ0v) is 11.5. The zero-order valence-electron chi connectivity index (χ0n) is 11.5. The Labute approximate surface area is 117 Å². The predicted octanol–water partition coefficient (Wildman–Crippen LogP) is 0.363. The number of esters is 1. The Kier molecular flexibility index (Phi) is 4.24. The van der Waals surface area contributed by atoms with E-state index in [2.05, 4.69) is 4.90 Å². The van der Waals surface area contributed by atoms with Crippen LogP contribution in [0.25, 0.3) is 0 Å². The number of benzene rings is 1. The van der Waals surface area contributed by atoms with E-state index in [1.807, 2.05) is 6.07 Å². The molecule has 0 aromatic heterocycles. The average molecular weight is 277 g/mol. The lowest BCUT2D eigenvalue weighted by Gasteiger charge is -2.18. The molecule has 1 aromatic carbocycles. The number of ether oxygens (including phenoxy) is 1. The maximum Gasteiger partial charge on any atom is 0.340 e. The third-order valence-electron chi connectivity index (χ3n) is 3.64. The van der Waals surface area contributed by atoms with Gasteiger partial charge in [0.15, 0.2) is 0 Å². The van der Waals surface area contributed by atoms with Crippen molar-refractivity contribution >= 4 is 17.6 Å². The topological polar surface area (TPSA) is 98.7 Å². The quantitative estimate of drug-likeness (QED) is 0.611. The summed E-state index contributed by atoms with van der Waals surface area (Å²) in [6, 6.07) is 5.32. The molecule has 4 N–H and O–H groups in total. The molecule has 0 bridgehead atoms. The summed E-state index contributed by atoms with van der Waals surface area (Å²) >= 11 is 0. The van der Waals surface area contributed by atoms with Gasteiger partial charge in [-0.05, 0) is 24.6 Å². The highest BCUT2D eigenvalue weighted by atomic mass is 16.5. The minimum Gasteiger partial charge on any atom is -0.465 e. The fraction of sp³-hybridized carbons (Fsp3) is 0.429. The molecule has 0 saturated carbocycles. The summed E-state index contributed by atoms with van der Waals surface area (Å²) in [6.45, 7) is 1.95. The fourth-order valence-electron chi connectivity index (χ4n) is 2.55. The summed E-state index contributed by atoms with van der Waals surface area (Å²) in [6.07, 6.45) is 0.755. The first-order chi connectivity index (χ1) is 9.52. The number of likely N-dealkylation sites (tertiary alicyclic amines) is 1. The largest absolute Gasteiger partial charge is 0.465 e. The van der Waals surface area contributed by atoms with Crippen LogP contribution in [-0.2, 0) is 16.1 Å². The molecule has 1 aromatic rings. The third kappa shape index (κ3) is 2.91. The van der Waals surface area contributed by atoms with Gasteiger partial charge < -0.3 is 16.2 Å². The lowest BCUT2D eigenvalue weighted by molar-refractivity contribution is -0.121. The van der Waals surface area contributed by atoms with Gasteiger partial charge in [-0.1, -0.05) is 12.1 Å². The van der Waals surface area contributed by atoms with Crippen molar-refractivity contribution in [2.75, 3.05) is 25.9 Å². The number of methoxy groups -OCH3 is 1. The first-order valence-corrected chi connectivity index (χ1v) is 6.50. The highest BCUT2D eigenvalue weighted by molar-refractivity contribution is 5.96. The van der Waals surface area contributed by atoms with E-state index in [9.17, 15) is 9.59 Å². The van der Waals surface area contributed by atoms with E-state index in [0.29, 0.717) is 24.3 Å². The maximum atomic E-state index is 11.8. The Bertz CT molecular complexity index is 530. The summed E-state index contributed by atoms with van der Waals surface area (Å²) in [5, 5.41) is 0. The minimum absolute atomic E-state index is 0.113. The number of nitrogens with two attached hydrogens (primary N) is 2. The smallest absolute Gasteiger partial charge is 0.340 e. The zero-order chi connectivity index (χ0) is 14.7. The van der Waals surface area contributed by atoms with Gasteiger partial charge in [0.25, 0.3) is 0 Å². The van der Waals surface area contributed by atoms with Crippen molar-refractivity contribution in [3.8, 4) is 0 Å². The van der Waals surface area contributed by atoms with E-state index in [1.165, 1.54) is 7.11 Å². The number of nitrogens with zero attached hydrogens (tertiary/aromatic N) is 1. The van der Waals surface area contributed by atoms with Crippen LogP contribution in [0.5, 0.6) is 0 Å². The number of carbonyl (C=O) groups excluding carboxylic acids is 2. The molecular weight excluding hydrogens is 258 g/mol. The van der Waals surface area contributed by atoms with Gasteiger partial charge in [-0.25, -0.2) is 4.79 Å². The number of primary amides is 1. The Morgan fingerprint density at radius 3 is 2.80 bits per heavy atom. The van der Waals surface area contributed by atoms with Crippen LogP contribution in [0.4, 0.5) is 5.69 Å². The first-order valence-electron chi connectivity index (χ1n) is 6.50. The molecule has 1 saturated heterocycles. The Hall–Kier alpha value is -2.08. The second-order valence-corrected chi connectivity index (χ2v) is 5.00. The number of amides is 1. The molecule has 0 spiro atoms. The van der Waals surface area contributed by atoms with E-state index in [4.69, 9.17) is 16.2 Å². The van der Waals surface area contributed by atoms with E-state index in [0.717, 1.165) is 18.5 Å². The maximum absolute atomic E-state index is 11.8. The van der Waals surface area contributed by atoms with Gasteiger partial charge in [-0.15, -0.1) is 0 Å². The first kappa shape index (κ1) is 14.3. The van der Waals surface area contributed by atoms with Crippen molar-refractivity contribution in [1.29, 1.82) is 0 Å². The molecule has 1 heterocycles. The number of anilines is 1. The van der Waals surface area contributed by atoms with Crippen LogP contribution >= 0.6 is 0 Å². The van der Waals surface area contributed by atoms with Crippen molar-refractivity contribution in [3.63, 3.8) is 0 Å². The number of rotatable bonds is 4. The van der Waals surface area contributed by atoms with Crippen LogP contribution in [0.15, 0.2) is 18.2 Å². The summed E-state index contributed by atoms with van der Waals surface area (Å²) < 4.78 is 4.77. The van der Waals surface area contributed by atoms with E-state index < -0.39 is 5.97 Å². The molecule has 6 heteroatoms. The predicted molar refractivity (Wildman–Crippen MR) is 74.8 cm³/mol. The van der Waals surface area contributed by atoms with Gasteiger partial charge in [-0.3, -0.25) is 9.69 Å². The monoisotopic (exact) mass is 277 g/mol. The van der Waals surface area contributed by atoms with Gasteiger partial charge >= 0.3 is 5.97 Å². The van der Waals surface area contributed by atoms with E-state index in [-0.39, 0.29) is 11.8 Å². The highest BCUT2D eigenvalue weighted by Gasteiger charge is 2.27. The third-order valence-corrected chi connectivity index (χ3v) is 3.64. The van der Waals surface area contributed by atoms with Crippen LogP contribution < -0.4 is 11.5 Å². The van der Waals surface area contributed by atoms with Gasteiger partial charge in [-0.2, -0.15) is 0 Å². The van der Waals surface area contributed by atoms with Gasteiger partial charge in [0.1, 0.15) is 0 Å². The molecule has 1 amide bonds. The summed E-state index contributed by atoms with van der Waals surface area (Å²) in [5.74, 6) is -0.824. The van der Waals surface area contributed by atoms with Gasteiger partial charge in [0.05, 0.1) is 18.6 Å². The standard InChI is InChI=1S/C14H19N3O3/c1-20-14(19)12-9(3-2-4-11(12)15)7-17-6-5-10(8-17)13(16)18/h2-4,10H,5-8,15H2,1H3,(H2,16,18). The number of hydrogen-bond acceptors (Lipinski definition) is 5. The van der Waals surface area contributed by atoms with Crippen molar-refractivity contribution in [2.45, 2.75) is 13.0 Å². The molecule has 1 aliphatic rings. The Morgan fingerprint density at radius 2 is 2.20 bits per heavy atom. The summed E-state index contributed by atoms with van der Waals surface area (Å²) in [4.78, 5) is 25.1. The van der Waals surface area contributed by atoms with Crippen molar-refractivity contribution in [3.05, 3.63) is 29.3 Å². The molecule has 0 aliphatic carbocycles. The van der Waals surface area contributed by atoms with Crippen LogP contribution in [0, 0.1) is 5.92 Å². The fourth-order valence-corrected chi connectivity index (χ4v) is 2.55. The highest BCUT2D eigenvalue weighted by Crippen LogP contribution is 2.23. The second-order valence-electron chi connectivity index (χ2n) is 5.00.